The summed E-state index contributed by atoms with van der Waals surface area (Å²) in [5.41, 5.74) is 3.07. The molecule has 0 fully saturated rings. The molecule has 104 valence electrons. The first-order chi connectivity index (χ1) is 9.63. The van der Waals surface area contributed by atoms with Crippen LogP contribution in [0.5, 0.6) is 0 Å². The minimum atomic E-state index is -0.537. The highest BCUT2D eigenvalue weighted by Crippen LogP contribution is 2.26. The lowest BCUT2D eigenvalue weighted by molar-refractivity contribution is 0.0527. The summed E-state index contributed by atoms with van der Waals surface area (Å²) < 4.78 is 5.08. The van der Waals surface area contributed by atoms with Crippen molar-refractivity contribution in [1.82, 2.24) is 0 Å². The maximum atomic E-state index is 12.0. The molecule has 2 rings (SSSR count). The van der Waals surface area contributed by atoms with Crippen molar-refractivity contribution in [3.63, 3.8) is 0 Å². The number of benzene rings is 2. The van der Waals surface area contributed by atoms with Crippen LogP contribution in [0.3, 0.4) is 0 Å². The number of esters is 1. The van der Waals surface area contributed by atoms with Crippen LogP contribution in [0.25, 0.3) is 11.1 Å². The lowest BCUT2D eigenvalue weighted by Crippen LogP contribution is -2.06. The molecule has 1 atom stereocenters. The summed E-state index contributed by atoms with van der Waals surface area (Å²) in [6, 6.07) is 14.9. The topological polar surface area (TPSA) is 46.5 Å². The molecule has 0 aliphatic heterocycles. The number of aliphatic hydroxyl groups is 1. The van der Waals surface area contributed by atoms with E-state index in [4.69, 9.17) is 4.74 Å². The van der Waals surface area contributed by atoms with Gasteiger partial charge >= 0.3 is 5.97 Å². The first kappa shape index (κ1) is 14.3. The summed E-state index contributed by atoms with van der Waals surface area (Å²) >= 11 is 0. The summed E-state index contributed by atoms with van der Waals surface area (Å²) in [7, 11) is 0. The zero-order valence-corrected chi connectivity index (χ0v) is 11.7. The van der Waals surface area contributed by atoms with E-state index in [0.29, 0.717) is 12.2 Å². The predicted molar refractivity (Wildman–Crippen MR) is 78.5 cm³/mol. The van der Waals surface area contributed by atoms with Gasteiger partial charge in [0, 0.05) is 0 Å². The van der Waals surface area contributed by atoms with Crippen LogP contribution in [0, 0.1) is 0 Å². The van der Waals surface area contributed by atoms with E-state index in [2.05, 4.69) is 0 Å². The van der Waals surface area contributed by atoms with Crippen LogP contribution in [0.4, 0.5) is 0 Å². The Morgan fingerprint density at radius 1 is 1.20 bits per heavy atom. The van der Waals surface area contributed by atoms with E-state index in [0.717, 1.165) is 16.7 Å². The van der Waals surface area contributed by atoms with Crippen LogP contribution in [-0.2, 0) is 4.74 Å². The smallest absolute Gasteiger partial charge is 0.338 e. The van der Waals surface area contributed by atoms with Crippen LogP contribution in [0.1, 0.15) is 35.9 Å². The summed E-state index contributed by atoms with van der Waals surface area (Å²) in [5.74, 6) is -0.328. The molecule has 1 N–H and O–H groups in total. The van der Waals surface area contributed by atoms with Crippen LogP contribution in [0.2, 0.25) is 0 Å². The summed E-state index contributed by atoms with van der Waals surface area (Å²) in [5, 5.41) is 9.67. The van der Waals surface area contributed by atoms with Crippen molar-refractivity contribution in [2.75, 3.05) is 6.61 Å². The Bertz CT molecular complexity index is 603. The van der Waals surface area contributed by atoms with Crippen LogP contribution in [-0.4, -0.2) is 17.7 Å². The highest BCUT2D eigenvalue weighted by molar-refractivity contribution is 5.97. The third-order valence-corrected chi connectivity index (χ3v) is 3.10. The molecule has 2 aromatic rings. The largest absolute Gasteiger partial charge is 0.462 e. The van der Waals surface area contributed by atoms with E-state index in [9.17, 15) is 9.90 Å². The van der Waals surface area contributed by atoms with E-state index in [1.165, 1.54) is 0 Å². The fraction of sp³-hybridized carbons (Fsp3) is 0.235. The Morgan fingerprint density at radius 3 is 2.65 bits per heavy atom. The average molecular weight is 270 g/mol. The first-order valence-corrected chi connectivity index (χ1v) is 6.68. The van der Waals surface area contributed by atoms with Crippen molar-refractivity contribution in [2.45, 2.75) is 20.0 Å². The SMILES string of the molecule is CCOC(=O)c1ccccc1-c1cccc(C(C)O)c1. The maximum absolute atomic E-state index is 12.0. The second-order valence-corrected chi connectivity index (χ2v) is 4.57. The third kappa shape index (κ3) is 3.06. The predicted octanol–water partition coefficient (Wildman–Crippen LogP) is 3.58. The van der Waals surface area contributed by atoms with Crippen molar-refractivity contribution in [3.8, 4) is 11.1 Å². The summed E-state index contributed by atoms with van der Waals surface area (Å²) in [6.45, 7) is 3.85. The van der Waals surface area contributed by atoms with Crippen molar-refractivity contribution in [3.05, 3.63) is 59.7 Å². The van der Waals surface area contributed by atoms with Gasteiger partial charge < -0.3 is 9.84 Å². The Hall–Kier alpha value is -2.13. The van der Waals surface area contributed by atoms with Crippen LogP contribution in [0.15, 0.2) is 48.5 Å². The summed E-state index contributed by atoms with van der Waals surface area (Å²) in [4.78, 5) is 12.0. The average Bonchev–Trinajstić information content (AvgIpc) is 2.47. The lowest BCUT2D eigenvalue weighted by Gasteiger charge is -2.11. The standard InChI is InChI=1S/C17H18O3/c1-3-20-17(19)16-10-5-4-9-15(16)14-8-6-7-13(11-14)12(2)18/h4-12,18H,3H2,1-2H3. The van der Waals surface area contributed by atoms with E-state index in [-0.39, 0.29) is 5.97 Å². The van der Waals surface area contributed by atoms with E-state index in [1.807, 2.05) is 42.5 Å². The van der Waals surface area contributed by atoms with Gasteiger partial charge in [-0.05, 0) is 42.7 Å². The Balaban J connectivity index is 2.47. The van der Waals surface area contributed by atoms with Crippen molar-refractivity contribution >= 4 is 5.97 Å². The number of hydrogen-bond donors (Lipinski definition) is 1. The highest BCUT2D eigenvalue weighted by atomic mass is 16.5. The number of ether oxygens (including phenoxy) is 1. The Labute approximate surface area is 118 Å². The molecule has 0 aromatic heterocycles. The zero-order chi connectivity index (χ0) is 14.5. The normalized spacial score (nSPS) is 11.9. The molecule has 0 radical (unpaired) electrons. The van der Waals surface area contributed by atoms with Gasteiger partial charge in [-0.15, -0.1) is 0 Å². The van der Waals surface area contributed by atoms with Crippen molar-refractivity contribution in [2.24, 2.45) is 0 Å². The minimum Gasteiger partial charge on any atom is -0.462 e. The number of rotatable bonds is 4. The molecular formula is C17H18O3. The second-order valence-electron chi connectivity index (χ2n) is 4.57. The number of hydrogen-bond acceptors (Lipinski definition) is 3. The molecule has 1 unspecified atom stereocenters. The van der Waals surface area contributed by atoms with Crippen molar-refractivity contribution < 1.29 is 14.6 Å². The molecule has 0 spiro atoms. The van der Waals surface area contributed by atoms with Gasteiger partial charge in [0.1, 0.15) is 0 Å². The molecule has 2 aromatic carbocycles. The number of carbonyl (C=O) groups excluding carboxylic acids is 1. The second kappa shape index (κ2) is 6.35. The minimum absolute atomic E-state index is 0.328. The molecule has 0 aliphatic rings. The molecule has 0 bridgehead atoms. The van der Waals surface area contributed by atoms with Gasteiger partial charge in [0.15, 0.2) is 0 Å². The van der Waals surface area contributed by atoms with Crippen molar-refractivity contribution in [1.29, 1.82) is 0 Å². The van der Waals surface area contributed by atoms with Gasteiger partial charge in [-0.1, -0.05) is 36.4 Å². The van der Waals surface area contributed by atoms with Gasteiger partial charge in [0.2, 0.25) is 0 Å². The van der Waals surface area contributed by atoms with Gasteiger partial charge in [-0.3, -0.25) is 0 Å². The zero-order valence-electron chi connectivity index (χ0n) is 11.7. The molecule has 0 heterocycles. The lowest BCUT2D eigenvalue weighted by atomic mass is 9.97. The molecule has 0 saturated heterocycles. The molecular weight excluding hydrogens is 252 g/mol. The van der Waals surface area contributed by atoms with Crippen LogP contribution < -0.4 is 0 Å². The molecule has 3 nitrogen and oxygen atoms in total. The molecule has 0 aliphatic carbocycles. The monoisotopic (exact) mass is 270 g/mol. The fourth-order valence-corrected chi connectivity index (χ4v) is 2.09. The molecule has 20 heavy (non-hydrogen) atoms. The van der Waals surface area contributed by atoms with Gasteiger partial charge in [0.05, 0.1) is 18.3 Å². The molecule has 3 heteroatoms. The van der Waals surface area contributed by atoms with Gasteiger partial charge in [-0.25, -0.2) is 4.79 Å². The highest BCUT2D eigenvalue weighted by Gasteiger charge is 2.13. The quantitative estimate of drug-likeness (QED) is 0.864. The van der Waals surface area contributed by atoms with E-state index < -0.39 is 6.10 Å². The third-order valence-electron chi connectivity index (χ3n) is 3.10. The number of aliphatic hydroxyl groups excluding tert-OH is 1. The summed E-state index contributed by atoms with van der Waals surface area (Å²) in [6.07, 6.45) is -0.537. The fourth-order valence-electron chi connectivity index (χ4n) is 2.09. The van der Waals surface area contributed by atoms with E-state index >= 15 is 0 Å². The van der Waals surface area contributed by atoms with Crippen LogP contribution >= 0.6 is 0 Å². The van der Waals surface area contributed by atoms with E-state index in [1.54, 1.807) is 19.9 Å². The van der Waals surface area contributed by atoms with Gasteiger partial charge in [-0.2, -0.15) is 0 Å². The first-order valence-electron chi connectivity index (χ1n) is 6.68. The van der Waals surface area contributed by atoms with Gasteiger partial charge in [0.25, 0.3) is 0 Å². The molecule has 0 amide bonds. The Kier molecular flexibility index (Phi) is 4.53. The molecule has 0 saturated carbocycles. The number of carbonyl (C=O) groups is 1. The Morgan fingerprint density at radius 2 is 1.95 bits per heavy atom. The maximum Gasteiger partial charge on any atom is 0.338 e.